The predicted molar refractivity (Wildman–Crippen MR) is 150 cm³/mol. The average Bonchev–Trinajstić information content (AvgIpc) is 3.53. The number of carbonyl (C=O) groups is 2. The van der Waals surface area contributed by atoms with E-state index in [1.54, 1.807) is 53.1 Å². The highest BCUT2D eigenvalue weighted by Crippen LogP contribution is 2.27. The van der Waals surface area contributed by atoms with Gasteiger partial charge in [0, 0.05) is 49.6 Å². The summed E-state index contributed by atoms with van der Waals surface area (Å²) in [7, 11) is 1.57. The minimum atomic E-state index is -0.470. The molecule has 1 aliphatic rings. The molecule has 3 aromatic rings. The van der Waals surface area contributed by atoms with E-state index in [4.69, 9.17) is 26.2 Å². The fourth-order valence-corrected chi connectivity index (χ4v) is 5.30. The van der Waals surface area contributed by atoms with Gasteiger partial charge in [0.05, 0.1) is 34.7 Å². The lowest BCUT2D eigenvalue weighted by Gasteiger charge is -2.18. The Morgan fingerprint density at radius 2 is 2.03 bits per heavy atom. The Hall–Kier alpha value is -3.22. The van der Waals surface area contributed by atoms with Crippen LogP contribution in [-0.4, -0.2) is 67.7 Å². The predicted octanol–water partition coefficient (Wildman–Crippen LogP) is 2.97. The highest BCUT2D eigenvalue weighted by Gasteiger charge is 2.32. The Labute approximate surface area is 235 Å². The fraction of sp³-hybridized carbons (Fsp3) is 0.370. The zero-order valence-electron chi connectivity index (χ0n) is 21.5. The molecule has 12 heteroatoms. The van der Waals surface area contributed by atoms with Crippen molar-refractivity contribution in [2.24, 2.45) is 0 Å². The molecule has 3 N–H and O–H groups in total. The second-order valence-corrected chi connectivity index (χ2v) is 10.7. The van der Waals surface area contributed by atoms with E-state index < -0.39 is 6.09 Å². The third-order valence-electron chi connectivity index (χ3n) is 6.24. The normalized spacial score (nSPS) is 15.0. The first-order chi connectivity index (χ1) is 18.9. The average molecular weight is 575 g/mol. The van der Waals surface area contributed by atoms with Crippen molar-refractivity contribution in [3.05, 3.63) is 79.4 Å². The van der Waals surface area contributed by atoms with Crippen LogP contribution >= 0.6 is 22.9 Å². The van der Waals surface area contributed by atoms with Crippen LogP contribution in [0, 0.1) is 0 Å². The number of ether oxygens (including phenoxy) is 2. The molecule has 4 rings (SSSR count). The highest BCUT2D eigenvalue weighted by atomic mass is 35.5. The first-order valence-corrected chi connectivity index (χ1v) is 13.8. The number of methoxy groups -OCH3 is 1. The monoisotopic (exact) mass is 574 g/mol. The third kappa shape index (κ3) is 7.25. The number of nitrogens with one attached hydrogen (secondary N) is 2. The lowest BCUT2D eigenvalue weighted by atomic mass is 10.1. The maximum atomic E-state index is 13.2. The Morgan fingerprint density at radius 1 is 1.18 bits per heavy atom. The van der Waals surface area contributed by atoms with E-state index in [2.05, 4.69) is 10.6 Å². The summed E-state index contributed by atoms with van der Waals surface area (Å²) < 4.78 is 13.1. The number of aromatic nitrogens is 1. The summed E-state index contributed by atoms with van der Waals surface area (Å²) in [6, 6.07) is 12.4. The molecule has 0 aliphatic carbocycles. The summed E-state index contributed by atoms with van der Waals surface area (Å²) in [6.07, 6.45) is 1.85. The topological polar surface area (TPSA) is 122 Å². The van der Waals surface area contributed by atoms with Crippen LogP contribution in [0.5, 0.6) is 0 Å². The molecule has 0 saturated carbocycles. The smallest absolute Gasteiger partial charge is 0.414 e. The van der Waals surface area contributed by atoms with Gasteiger partial charge in [-0.15, -0.1) is 11.3 Å². The van der Waals surface area contributed by atoms with Crippen molar-refractivity contribution < 1.29 is 24.2 Å². The number of carbonyl (C=O) groups excluding carboxylic acids is 2. The van der Waals surface area contributed by atoms with Crippen molar-refractivity contribution in [2.75, 3.05) is 44.8 Å². The number of aliphatic hydroxyl groups excluding tert-OH is 1. The molecular formula is C27H31ClN4O6S. The Balaban J connectivity index is 1.44. The molecule has 2 aromatic heterocycles. The van der Waals surface area contributed by atoms with Crippen molar-refractivity contribution in [2.45, 2.75) is 25.6 Å². The molecule has 10 nitrogen and oxygen atoms in total. The van der Waals surface area contributed by atoms with E-state index in [9.17, 15) is 14.4 Å². The molecular weight excluding hydrogens is 544 g/mol. The number of benzene rings is 1. The minimum absolute atomic E-state index is 0.0406. The molecule has 0 radical (unpaired) electrons. The van der Waals surface area contributed by atoms with Gasteiger partial charge in [0.15, 0.2) is 0 Å². The Morgan fingerprint density at radius 3 is 2.77 bits per heavy atom. The van der Waals surface area contributed by atoms with Crippen LogP contribution in [0.3, 0.4) is 0 Å². The van der Waals surface area contributed by atoms with E-state index in [0.717, 1.165) is 5.56 Å². The summed E-state index contributed by atoms with van der Waals surface area (Å²) >= 11 is 7.10. The van der Waals surface area contributed by atoms with Crippen LogP contribution < -0.4 is 21.1 Å². The van der Waals surface area contributed by atoms with Gasteiger partial charge in [-0.3, -0.25) is 19.1 Å². The number of pyridine rings is 1. The highest BCUT2D eigenvalue weighted by molar-refractivity contribution is 7.18. The van der Waals surface area contributed by atoms with E-state index in [1.807, 2.05) is 12.1 Å². The number of amides is 2. The first-order valence-electron chi connectivity index (χ1n) is 12.6. The van der Waals surface area contributed by atoms with Gasteiger partial charge in [-0.1, -0.05) is 17.7 Å². The van der Waals surface area contributed by atoms with Gasteiger partial charge in [-0.05, 0) is 49.4 Å². The van der Waals surface area contributed by atoms with Crippen LogP contribution in [0.15, 0.2) is 53.5 Å². The van der Waals surface area contributed by atoms with Crippen molar-refractivity contribution in [1.82, 2.24) is 15.2 Å². The van der Waals surface area contributed by atoms with Gasteiger partial charge in [0.1, 0.15) is 6.10 Å². The molecule has 1 saturated heterocycles. The zero-order chi connectivity index (χ0) is 27.8. The largest absolute Gasteiger partial charge is 0.444 e. The van der Waals surface area contributed by atoms with Crippen LogP contribution in [0.1, 0.15) is 27.2 Å². The summed E-state index contributed by atoms with van der Waals surface area (Å²) in [5.74, 6) is -0.214. The van der Waals surface area contributed by atoms with E-state index in [0.29, 0.717) is 65.2 Å². The van der Waals surface area contributed by atoms with Crippen LogP contribution in [0.4, 0.5) is 10.5 Å². The van der Waals surface area contributed by atoms with Crippen LogP contribution in [0.25, 0.3) is 5.69 Å². The number of anilines is 1. The number of nitrogens with zero attached hydrogens (tertiary/aromatic N) is 2. The van der Waals surface area contributed by atoms with Gasteiger partial charge >= 0.3 is 6.09 Å². The van der Waals surface area contributed by atoms with Crippen molar-refractivity contribution in [3.63, 3.8) is 0 Å². The third-order valence-corrected chi connectivity index (χ3v) is 7.47. The maximum absolute atomic E-state index is 13.2. The molecule has 39 heavy (non-hydrogen) atoms. The molecule has 3 heterocycles. The first kappa shape index (κ1) is 28.8. The molecule has 1 aliphatic heterocycles. The summed E-state index contributed by atoms with van der Waals surface area (Å²) in [4.78, 5) is 40.2. The second kappa shape index (κ2) is 13.7. The lowest BCUT2D eigenvalue weighted by Crippen LogP contribution is -2.29. The summed E-state index contributed by atoms with van der Waals surface area (Å²) in [6.45, 7) is 2.01. The number of aliphatic hydroxyl groups is 1. The lowest BCUT2D eigenvalue weighted by molar-refractivity contribution is 0.0948. The number of hydrogen-bond donors (Lipinski definition) is 3. The second-order valence-electron chi connectivity index (χ2n) is 8.94. The van der Waals surface area contributed by atoms with E-state index >= 15 is 0 Å². The van der Waals surface area contributed by atoms with Gasteiger partial charge in [-0.2, -0.15) is 0 Å². The summed E-state index contributed by atoms with van der Waals surface area (Å²) in [5, 5.41) is 14.8. The molecule has 0 bridgehead atoms. The van der Waals surface area contributed by atoms with E-state index in [1.165, 1.54) is 11.3 Å². The number of cyclic esters (lactones) is 1. The zero-order valence-corrected chi connectivity index (χ0v) is 23.1. The molecule has 1 fully saturated rings. The molecule has 2 amide bonds. The summed E-state index contributed by atoms with van der Waals surface area (Å²) in [5.41, 5.74) is 2.55. The van der Waals surface area contributed by atoms with Crippen molar-refractivity contribution >= 4 is 40.6 Å². The molecule has 1 atom stereocenters. The van der Waals surface area contributed by atoms with Gasteiger partial charge in [0.2, 0.25) is 0 Å². The SMILES string of the molecule is COCc1cc(N2C[C@H](CCNC(=O)c3ccc(Cl)s3)OC2=O)ccc1-n1cccc(CCNCCO)c1=O. The quantitative estimate of drug-likeness (QED) is 0.268. The molecule has 1 aromatic carbocycles. The number of rotatable bonds is 13. The molecule has 0 unspecified atom stereocenters. The molecule has 0 spiro atoms. The van der Waals surface area contributed by atoms with Crippen LogP contribution in [0.2, 0.25) is 4.34 Å². The number of thiophene rings is 1. The molecule has 208 valence electrons. The minimum Gasteiger partial charge on any atom is -0.444 e. The van der Waals surface area contributed by atoms with Crippen molar-refractivity contribution in [3.8, 4) is 5.69 Å². The standard InChI is InChI=1S/C27H31ClN4O6S/c1-37-17-19-15-20(4-5-22(19)31-13-2-3-18(26(31)35)8-10-29-12-14-33)32-16-21(38-27(32)36)9-11-30-25(34)23-6-7-24(28)39-23/h2-7,13,15,21,29,33H,8-12,14,16-17H2,1H3,(H,30,34)/t21-/m0/s1. The van der Waals surface area contributed by atoms with Crippen molar-refractivity contribution in [1.29, 1.82) is 0 Å². The Kier molecular flexibility index (Phi) is 10.1. The number of halogens is 1. The Bertz CT molecular complexity index is 1360. The number of hydrogen-bond acceptors (Lipinski definition) is 8. The maximum Gasteiger partial charge on any atom is 0.414 e. The fourth-order valence-electron chi connectivity index (χ4n) is 4.34. The van der Waals surface area contributed by atoms with E-state index in [-0.39, 0.29) is 30.8 Å². The van der Waals surface area contributed by atoms with Gasteiger partial charge in [-0.25, -0.2) is 4.79 Å². The van der Waals surface area contributed by atoms with Crippen LogP contribution in [-0.2, 0) is 22.5 Å². The van der Waals surface area contributed by atoms with Gasteiger partial charge < -0.3 is 25.2 Å². The van der Waals surface area contributed by atoms with Gasteiger partial charge in [0.25, 0.3) is 11.5 Å².